The number of ether oxygens (including phenoxy) is 1. The standard InChI is InChI=1S/C10H11F5N2O/c11-9(12,10(13,14)15)8-3-6(16)4-17(8)7-1-2-18-5-7/h3-4,7H,1-2,5,16H2/t7-/m0/s1. The fraction of sp³-hybridized carbons (Fsp3) is 0.600. The Balaban J connectivity index is 2.44. The van der Waals surface area contributed by atoms with Gasteiger partial charge in [0.05, 0.1) is 18.3 Å². The van der Waals surface area contributed by atoms with E-state index in [2.05, 4.69) is 0 Å². The van der Waals surface area contributed by atoms with Gasteiger partial charge in [-0.05, 0) is 12.5 Å². The number of alkyl halides is 5. The monoisotopic (exact) mass is 270 g/mol. The van der Waals surface area contributed by atoms with Crippen molar-refractivity contribution in [3.8, 4) is 0 Å². The molecule has 1 aromatic rings. The number of nitrogen functional groups attached to an aromatic ring is 1. The normalized spacial score (nSPS) is 21.5. The molecule has 18 heavy (non-hydrogen) atoms. The molecule has 3 nitrogen and oxygen atoms in total. The molecule has 1 saturated heterocycles. The summed E-state index contributed by atoms with van der Waals surface area (Å²) in [5.41, 5.74) is 4.06. The summed E-state index contributed by atoms with van der Waals surface area (Å²) in [6, 6.07) is 0.122. The van der Waals surface area contributed by atoms with Crippen LogP contribution < -0.4 is 5.73 Å². The molecule has 1 atom stereocenters. The van der Waals surface area contributed by atoms with Gasteiger partial charge in [-0.2, -0.15) is 22.0 Å². The molecular weight excluding hydrogens is 259 g/mol. The van der Waals surface area contributed by atoms with Crippen LogP contribution in [0.25, 0.3) is 0 Å². The lowest BCUT2D eigenvalue weighted by atomic mass is 10.2. The summed E-state index contributed by atoms with van der Waals surface area (Å²) in [4.78, 5) is 0. The molecule has 0 aromatic carbocycles. The molecule has 0 unspecified atom stereocenters. The molecule has 1 aromatic heterocycles. The van der Waals surface area contributed by atoms with Crippen LogP contribution in [0.3, 0.4) is 0 Å². The molecule has 2 heterocycles. The van der Waals surface area contributed by atoms with Gasteiger partial charge in [0.25, 0.3) is 0 Å². The largest absolute Gasteiger partial charge is 0.459 e. The number of hydrogen-bond donors (Lipinski definition) is 1. The van der Waals surface area contributed by atoms with E-state index in [-0.39, 0.29) is 12.3 Å². The van der Waals surface area contributed by atoms with E-state index in [0.717, 1.165) is 10.8 Å². The highest BCUT2D eigenvalue weighted by atomic mass is 19.4. The van der Waals surface area contributed by atoms with Crippen LogP contribution in [-0.4, -0.2) is 24.0 Å². The van der Waals surface area contributed by atoms with Gasteiger partial charge in [-0.1, -0.05) is 0 Å². The number of aromatic nitrogens is 1. The lowest BCUT2D eigenvalue weighted by molar-refractivity contribution is -0.292. The number of rotatable bonds is 2. The highest BCUT2D eigenvalue weighted by molar-refractivity contribution is 5.41. The molecule has 2 N–H and O–H groups in total. The molecule has 1 aliphatic rings. The van der Waals surface area contributed by atoms with Gasteiger partial charge in [0.2, 0.25) is 0 Å². The first-order valence-corrected chi connectivity index (χ1v) is 5.23. The third-order valence-electron chi connectivity index (χ3n) is 2.85. The summed E-state index contributed by atoms with van der Waals surface area (Å²) in [5.74, 6) is -4.92. The number of halogens is 5. The van der Waals surface area contributed by atoms with Gasteiger partial charge < -0.3 is 15.0 Å². The zero-order valence-electron chi connectivity index (χ0n) is 9.18. The zero-order valence-corrected chi connectivity index (χ0v) is 9.18. The summed E-state index contributed by atoms with van der Waals surface area (Å²) < 4.78 is 69.6. The fourth-order valence-electron chi connectivity index (χ4n) is 1.94. The van der Waals surface area contributed by atoms with Crippen LogP contribution in [0.15, 0.2) is 12.3 Å². The lowest BCUT2D eigenvalue weighted by Gasteiger charge is -2.23. The van der Waals surface area contributed by atoms with Crippen molar-refractivity contribution in [1.82, 2.24) is 4.57 Å². The van der Waals surface area contributed by atoms with E-state index < -0.39 is 23.8 Å². The highest BCUT2D eigenvalue weighted by Gasteiger charge is 2.60. The van der Waals surface area contributed by atoms with Crippen LogP contribution in [0.1, 0.15) is 18.2 Å². The van der Waals surface area contributed by atoms with E-state index >= 15 is 0 Å². The Morgan fingerprint density at radius 1 is 1.28 bits per heavy atom. The molecule has 0 spiro atoms. The van der Waals surface area contributed by atoms with Crippen LogP contribution in [0.2, 0.25) is 0 Å². The Bertz CT molecular complexity index is 434. The van der Waals surface area contributed by atoms with Gasteiger partial charge >= 0.3 is 12.1 Å². The second-order valence-corrected chi connectivity index (χ2v) is 4.16. The Labute approximate surface area is 99.3 Å². The summed E-state index contributed by atoms with van der Waals surface area (Å²) in [7, 11) is 0. The van der Waals surface area contributed by atoms with Crippen LogP contribution in [-0.2, 0) is 10.7 Å². The minimum atomic E-state index is -5.64. The Morgan fingerprint density at radius 3 is 2.44 bits per heavy atom. The van der Waals surface area contributed by atoms with Crippen LogP contribution in [0, 0.1) is 0 Å². The van der Waals surface area contributed by atoms with E-state index in [1.807, 2.05) is 0 Å². The molecule has 2 rings (SSSR count). The fourth-order valence-corrected chi connectivity index (χ4v) is 1.94. The molecule has 102 valence electrons. The highest BCUT2D eigenvalue weighted by Crippen LogP contribution is 2.45. The molecule has 0 bridgehead atoms. The van der Waals surface area contributed by atoms with Gasteiger partial charge in [-0.15, -0.1) is 0 Å². The Hall–Kier alpha value is -1.31. The van der Waals surface area contributed by atoms with Gasteiger partial charge in [0.1, 0.15) is 0 Å². The first kappa shape index (κ1) is 13.1. The van der Waals surface area contributed by atoms with Crippen molar-refractivity contribution in [3.05, 3.63) is 18.0 Å². The quantitative estimate of drug-likeness (QED) is 0.839. The van der Waals surface area contributed by atoms with E-state index in [9.17, 15) is 22.0 Å². The lowest BCUT2D eigenvalue weighted by Crippen LogP contribution is -2.36. The first-order valence-electron chi connectivity index (χ1n) is 5.23. The van der Waals surface area contributed by atoms with Crippen molar-refractivity contribution in [3.63, 3.8) is 0 Å². The third-order valence-corrected chi connectivity index (χ3v) is 2.85. The van der Waals surface area contributed by atoms with Crippen molar-refractivity contribution in [2.24, 2.45) is 0 Å². The summed E-state index contributed by atoms with van der Waals surface area (Å²) in [5, 5.41) is 0. The minimum Gasteiger partial charge on any atom is -0.397 e. The van der Waals surface area contributed by atoms with Crippen molar-refractivity contribution in [2.45, 2.75) is 24.6 Å². The number of nitrogens with zero attached hydrogens (tertiary/aromatic N) is 1. The predicted octanol–water partition coefficient (Wildman–Crippen LogP) is 2.69. The molecule has 1 fully saturated rings. The van der Waals surface area contributed by atoms with Crippen LogP contribution in [0.4, 0.5) is 27.6 Å². The Morgan fingerprint density at radius 2 is 1.94 bits per heavy atom. The molecule has 0 saturated carbocycles. The van der Waals surface area contributed by atoms with E-state index in [1.165, 1.54) is 0 Å². The first-order chi connectivity index (χ1) is 8.23. The summed E-state index contributed by atoms with van der Waals surface area (Å²) in [6.07, 6.45) is -4.17. The number of hydrogen-bond acceptors (Lipinski definition) is 2. The average Bonchev–Trinajstić information content (AvgIpc) is 2.83. The SMILES string of the molecule is Nc1cc(C(F)(F)C(F)(F)F)n([C@H]2CCOC2)c1. The van der Waals surface area contributed by atoms with E-state index in [4.69, 9.17) is 10.5 Å². The van der Waals surface area contributed by atoms with Crippen molar-refractivity contribution < 1.29 is 26.7 Å². The Kier molecular flexibility index (Phi) is 3.00. The summed E-state index contributed by atoms with van der Waals surface area (Å²) in [6.45, 7) is 0.439. The zero-order chi connectivity index (χ0) is 13.6. The van der Waals surface area contributed by atoms with Crippen molar-refractivity contribution in [1.29, 1.82) is 0 Å². The second kappa shape index (κ2) is 4.11. The number of anilines is 1. The average molecular weight is 270 g/mol. The topological polar surface area (TPSA) is 40.2 Å². The van der Waals surface area contributed by atoms with Crippen LogP contribution >= 0.6 is 0 Å². The maximum Gasteiger partial charge on any atom is 0.459 e. The molecule has 8 heteroatoms. The second-order valence-electron chi connectivity index (χ2n) is 4.16. The maximum atomic E-state index is 13.3. The smallest absolute Gasteiger partial charge is 0.397 e. The molecule has 0 radical (unpaired) electrons. The minimum absolute atomic E-state index is 0.106. The van der Waals surface area contributed by atoms with Crippen molar-refractivity contribution >= 4 is 5.69 Å². The van der Waals surface area contributed by atoms with Crippen LogP contribution in [0.5, 0.6) is 0 Å². The van der Waals surface area contributed by atoms with E-state index in [0.29, 0.717) is 19.1 Å². The van der Waals surface area contributed by atoms with Crippen molar-refractivity contribution in [2.75, 3.05) is 18.9 Å². The van der Waals surface area contributed by atoms with E-state index in [1.54, 1.807) is 0 Å². The van der Waals surface area contributed by atoms with Gasteiger partial charge in [0.15, 0.2) is 0 Å². The van der Waals surface area contributed by atoms with Gasteiger partial charge in [-0.25, -0.2) is 0 Å². The van der Waals surface area contributed by atoms with Gasteiger partial charge in [0, 0.05) is 18.5 Å². The predicted molar refractivity (Wildman–Crippen MR) is 53.3 cm³/mol. The molecular formula is C10H11F5N2O. The summed E-state index contributed by atoms with van der Waals surface area (Å²) >= 11 is 0. The van der Waals surface area contributed by atoms with Gasteiger partial charge in [-0.3, -0.25) is 0 Å². The molecule has 0 amide bonds. The maximum absolute atomic E-state index is 13.3. The molecule has 0 aliphatic carbocycles. The molecule has 1 aliphatic heterocycles. The number of nitrogens with two attached hydrogens (primary N) is 1. The third kappa shape index (κ3) is 2.05.